The summed E-state index contributed by atoms with van der Waals surface area (Å²) >= 11 is 0. The van der Waals surface area contributed by atoms with Crippen molar-refractivity contribution in [3.8, 4) is 0 Å². The van der Waals surface area contributed by atoms with Gasteiger partial charge in [0, 0.05) is 18.7 Å². The molecule has 1 aliphatic carbocycles. The van der Waals surface area contributed by atoms with E-state index in [0.29, 0.717) is 24.7 Å². The van der Waals surface area contributed by atoms with Crippen LogP contribution in [0.1, 0.15) is 66.4 Å². The van der Waals surface area contributed by atoms with Gasteiger partial charge in [0.2, 0.25) is 11.8 Å². The molecule has 1 aromatic heterocycles. The number of aromatic nitrogens is 2. The Kier molecular flexibility index (Phi) is 5.32. The van der Waals surface area contributed by atoms with Gasteiger partial charge >= 0.3 is 0 Å². The van der Waals surface area contributed by atoms with Crippen LogP contribution in [-0.4, -0.2) is 22.6 Å². The summed E-state index contributed by atoms with van der Waals surface area (Å²) in [6.07, 6.45) is 4.38. The molecular formula is C20H27ClN4O2. The minimum atomic E-state index is -0.464. The van der Waals surface area contributed by atoms with E-state index in [4.69, 9.17) is 10.3 Å². The Hall–Kier alpha value is -1.92. The van der Waals surface area contributed by atoms with Gasteiger partial charge in [-0.05, 0) is 44.7 Å². The van der Waals surface area contributed by atoms with Crippen LogP contribution >= 0.6 is 12.4 Å². The number of nitrogens with two attached hydrogens (primary N) is 1. The van der Waals surface area contributed by atoms with Crippen molar-refractivity contribution >= 4 is 24.0 Å². The summed E-state index contributed by atoms with van der Waals surface area (Å²) in [4.78, 5) is 19.1. The first-order chi connectivity index (χ1) is 12.4. The summed E-state index contributed by atoms with van der Waals surface area (Å²) < 4.78 is 5.52. The Morgan fingerprint density at radius 2 is 1.81 bits per heavy atom. The van der Waals surface area contributed by atoms with Crippen LogP contribution in [0.3, 0.4) is 0 Å². The van der Waals surface area contributed by atoms with Crippen LogP contribution in [0.5, 0.6) is 0 Å². The molecule has 2 heterocycles. The van der Waals surface area contributed by atoms with Crippen molar-refractivity contribution in [2.75, 3.05) is 11.4 Å². The van der Waals surface area contributed by atoms with Crippen molar-refractivity contribution in [1.29, 1.82) is 0 Å². The van der Waals surface area contributed by atoms with E-state index < -0.39 is 5.54 Å². The monoisotopic (exact) mass is 390 g/mol. The number of nitrogens with zero attached hydrogens (tertiary/aromatic N) is 3. The predicted molar refractivity (Wildman–Crippen MR) is 106 cm³/mol. The molecule has 2 N–H and O–H groups in total. The van der Waals surface area contributed by atoms with Gasteiger partial charge in [0.1, 0.15) is 0 Å². The van der Waals surface area contributed by atoms with Crippen molar-refractivity contribution in [3.63, 3.8) is 0 Å². The molecule has 1 aromatic carbocycles. The molecule has 2 aliphatic rings. The molecule has 4 rings (SSSR count). The Bertz CT molecular complexity index is 834. The molecule has 6 nitrogen and oxygen atoms in total. The van der Waals surface area contributed by atoms with Crippen LogP contribution in [0, 0.1) is 20.8 Å². The molecule has 2 fully saturated rings. The minimum Gasteiger partial charge on any atom is -0.339 e. The molecule has 27 heavy (non-hydrogen) atoms. The number of carbonyl (C=O) groups excluding carboxylic acids is 1. The van der Waals surface area contributed by atoms with E-state index in [1.807, 2.05) is 4.90 Å². The summed E-state index contributed by atoms with van der Waals surface area (Å²) in [5, 5.41) is 4.14. The third-order valence-corrected chi connectivity index (χ3v) is 5.76. The van der Waals surface area contributed by atoms with Gasteiger partial charge in [-0.3, -0.25) is 4.79 Å². The first-order valence-corrected chi connectivity index (χ1v) is 9.38. The van der Waals surface area contributed by atoms with E-state index in [1.165, 1.54) is 5.56 Å². The molecule has 0 radical (unpaired) electrons. The lowest BCUT2D eigenvalue weighted by Gasteiger charge is -2.22. The second-order valence-electron chi connectivity index (χ2n) is 7.97. The van der Waals surface area contributed by atoms with Gasteiger partial charge in [-0.15, -0.1) is 12.4 Å². The number of benzene rings is 1. The van der Waals surface area contributed by atoms with Gasteiger partial charge < -0.3 is 15.2 Å². The third-order valence-electron chi connectivity index (χ3n) is 5.76. The van der Waals surface area contributed by atoms with Crippen molar-refractivity contribution in [2.45, 2.75) is 64.3 Å². The average molecular weight is 391 g/mol. The highest BCUT2D eigenvalue weighted by atomic mass is 35.5. The maximum absolute atomic E-state index is 12.7. The van der Waals surface area contributed by atoms with Gasteiger partial charge in [-0.25, -0.2) is 0 Å². The Labute approximate surface area is 165 Å². The fraction of sp³-hybridized carbons (Fsp3) is 0.550. The summed E-state index contributed by atoms with van der Waals surface area (Å²) in [5.74, 6) is 1.16. The van der Waals surface area contributed by atoms with Gasteiger partial charge in [-0.2, -0.15) is 4.98 Å². The zero-order chi connectivity index (χ0) is 18.5. The lowest BCUT2D eigenvalue weighted by atomic mass is 9.98. The topological polar surface area (TPSA) is 85.2 Å². The van der Waals surface area contributed by atoms with Crippen LogP contribution in [0.2, 0.25) is 0 Å². The number of hydrogen-bond acceptors (Lipinski definition) is 5. The lowest BCUT2D eigenvalue weighted by molar-refractivity contribution is -0.117. The molecular weight excluding hydrogens is 364 g/mol. The van der Waals surface area contributed by atoms with Crippen molar-refractivity contribution in [3.05, 3.63) is 40.5 Å². The molecule has 1 amide bonds. The molecule has 1 unspecified atom stereocenters. The van der Waals surface area contributed by atoms with Crippen LogP contribution in [0.25, 0.3) is 0 Å². The summed E-state index contributed by atoms with van der Waals surface area (Å²) in [7, 11) is 0. The van der Waals surface area contributed by atoms with Gasteiger partial charge in [-0.1, -0.05) is 35.7 Å². The number of halogens is 1. The quantitative estimate of drug-likeness (QED) is 0.864. The van der Waals surface area contributed by atoms with Crippen molar-refractivity contribution in [1.82, 2.24) is 10.1 Å². The van der Waals surface area contributed by atoms with E-state index in [9.17, 15) is 4.79 Å². The van der Waals surface area contributed by atoms with Gasteiger partial charge in [0.15, 0.2) is 5.82 Å². The molecule has 1 saturated heterocycles. The number of rotatable bonds is 3. The normalized spacial score (nSPS) is 21.6. The smallest absolute Gasteiger partial charge is 0.232 e. The summed E-state index contributed by atoms with van der Waals surface area (Å²) in [6.45, 7) is 6.75. The zero-order valence-corrected chi connectivity index (χ0v) is 16.9. The molecule has 146 valence electrons. The fourth-order valence-corrected chi connectivity index (χ4v) is 4.52. The Balaban J connectivity index is 0.00000210. The molecule has 0 bridgehead atoms. The minimum absolute atomic E-state index is 0. The van der Waals surface area contributed by atoms with Crippen LogP contribution in [0.15, 0.2) is 16.7 Å². The highest BCUT2D eigenvalue weighted by Gasteiger charge is 2.40. The summed E-state index contributed by atoms with van der Waals surface area (Å²) in [5.41, 5.74) is 10.4. The SMILES string of the molecule is Cc1cc(C)c(N2CC(c3nc(C4(N)CCCC4)no3)CC2=O)c(C)c1.Cl. The average Bonchev–Trinajstić information content (AvgIpc) is 3.27. The lowest BCUT2D eigenvalue weighted by Crippen LogP contribution is -2.34. The summed E-state index contributed by atoms with van der Waals surface area (Å²) in [6, 6.07) is 4.23. The molecule has 7 heteroatoms. The van der Waals surface area contributed by atoms with E-state index in [2.05, 4.69) is 43.0 Å². The predicted octanol–water partition coefficient (Wildman–Crippen LogP) is 3.67. The third kappa shape index (κ3) is 3.48. The van der Waals surface area contributed by atoms with E-state index in [1.54, 1.807) is 0 Å². The number of carbonyl (C=O) groups is 1. The molecule has 1 aliphatic heterocycles. The zero-order valence-electron chi connectivity index (χ0n) is 16.1. The number of anilines is 1. The van der Waals surface area contributed by atoms with Crippen molar-refractivity contribution < 1.29 is 9.32 Å². The highest BCUT2D eigenvalue weighted by molar-refractivity contribution is 5.97. The van der Waals surface area contributed by atoms with Gasteiger partial charge in [0.25, 0.3) is 0 Å². The maximum Gasteiger partial charge on any atom is 0.232 e. The van der Waals surface area contributed by atoms with E-state index in [-0.39, 0.29) is 24.2 Å². The first kappa shape index (κ1) is 19.8. The number of aryl methyl sites for hydroxylation is 3. The van der Waals surface area contributed by atoms with Crippen molar-refractivity contribution in [2.24, 2.45) is 5.73 Å². The second kappa shape index (κ2) is 7.24. The fourth-order valence-electron chi connectivity index (χ4n) is 4.52. The number of hydrogen-bond donors (Lipinski definition) is 1. The largest absolute Gasteiger partial charge is 0.339 e. The first-order valence-electron chi connectivity index (χ1n) is 9.38. The Morgan fingerprint density at radius 3 is 2.44 bits per heavy atom. The standard InChI is InChI=1S/C20H26N4O2.ClH/c1-12-8-13(2)17(14(3)9-12)24-11-15(10-16(24)25)18-22-19(23-26-18)20(21)6-4-5-7-20;/h8-9,15H,4-7,10-11,21H2,1-3H3;1H. The van der Waals surface area contributed by atoms with Crippen LogP contribution < -0.4 is 10.6 Å². The highest BCUT2D eigenvalue weighted by Crippen LogP contribution is 2.38. The second-order valence-corrected chi connectivity index (χ2v) is 7.97. The van der Waals surface area contributed by atoms with Gasteiger partial charge in [0.05, 0.1) is 11.5 Å². The van der Waals surface area contributed by atoms with Crippen LogP contribution in [-0.2, 0) is 10.3 Å². The molecule has 1 saturated carbocycles. The van der Waals surface area contributed by atoms with Crippen LogP contribution in [0.4, 0.5) is 5.69 Å². The Morgan fingerprint density at radius 1 is 1.19 bits per heavy atom. The molecule has 1 atom stereocenters. The van der Waals surface area contributed by atoms with E-state index in [0.717, 1.165) is 42.5 Å². The molecule has 2 aromatic rings. The maximum atomic E-state index is 12.7. The van der Waals surface area contributed by atoms with E-state index >= 15 is 0 Å². The number of amides is 1. The molecule has 0 spiro atoms.